The standard InChI is InChI=1S/C20H25N3O2/c1-4-18(23(3)13-15-8-6-5-7-9-15)20(25)22-16-10-11-17(19(21)24)14(2)12-16/h5-12,18H,4,13H2,1-3H3,(H2,21,24)(H,22,25)/t18-/m1/s1. The number of primary amides is 1. The van der Waals surface area contributed by atoms with E-state index in [4.69, 9.17) is 5.73 Å². The minimum atomic E-state index is -0.468. The quantitative estimate of drug-likeness (QED) is 0.814. The Hall–Kier alpha value is -2.66. The number of nitrogens with two attached hydrogens (primary N) is 1. The first kappa shape index (κ1) is 18.7. The Morgan fingerprint density at radius 2 is 1.84 bits per heavy atom. The van der Waals surface area contributed by atoms with E-state index in [-0.39, 0.29) is 11.9 Å². The van der Waals surface area contributed by atoms with Crippen LogP contribution >= 0.6 is 0 Å². The third kappa shape index (κ3) is 4.90. The number of nitrogens with zero attached hydrogens (tertiary/aromatic N) is 1. The van der Waals surface area contributed by atoms with Crippen molar-refractivity contribution in [3.05, 3.63) is 65.2 Å². The van der Waals surface area contributed by atoms with Gasteiger partial charge in [0.25, 0.3) is 0 Å². The van der Waals surface area contributed by atoms with Gasteiger partial charge in [0, 0.05) is 17.8 Å². The second kappa shape index (κ2) is 8.44. The van der Waals surface area contributed by atoms with Crippen LogP contribution < -0.4 is 11.1 Å². The van der Waals surface area contributed by atoms with Crippen molar-refractivity contribution in [1.29, 1.82) is 0 Å². The molecule has 0 aliphatic carbocycles. The molecular weight excluding hydrogens is 314 g/mol. The molecule has 5 nitrogen and oxygen atoms in total. The Labute approximate surface area is 148 Å². The van der Waals surface area contributed by atoms with E-state index in [1.165, 1.54) is 0 Å². The Balaban J connectivity index is 2.06. The number of likely N-dealkylation sites (N-methyl/N-ethyl adjacent to an activating group) is 1. The van der Waals surface area contributed by atoms with Crippen LogP contribution in [0.15, 0.2) is 48.5 Å². The highest BCUT2D eigenvalue weighted by molar-refractivity contribution is 5.97. The van der Waals surface area contributed by atoms with Crippen LogP contribution in [0.25, 0.3) is 0 Å². The van der Waals surface area contributed by atoms with E-state index in [0.29, 0.717) is 24.2 Å². The van der Waals surface area contributed by atoms with Crippen LogP contribution in [-0.4, -0.2) is 29.8 Å². The second-order valence-corrected chi connectivity index (χ2v) is 6.21. The van der Waals surface area contributed by atoms with Crippen LogP contribution in [0.2, 0.25) is 0 Å². The molecule has 0 aliphatic rings. The smallest absolute Gasteiger partial charge is 0.248 e. The van der Waals surface area contributed by atoms with Crippen molar-refractivity contribution in [3.8, 4) is 0 Å². The minimum absolute atomic E-state index is 0.0628. The van der Waals surface area contributed by atoms with Gasteiger partial charge in [-0.3, -0.25) is 14.5 Å². The van der Waals surface area contributed by atoms with E-state index in [1.54, 1.807) is 25.1 Å². The van der Waals surface area contributed by atoms with Gasteiger partial charge in [-0.25, -0.2) is 0 Å². The highest BCUT2D eigenvalue weighted by atomic mass is 16.2. The van der Waals surface area contributed by atoms with E-state index in [9.17, 15) is 9.59 Å². The molecule has 0 saturated heterocycles. The molecule has 132 valence electrons. The van der Waals surface area contributed by atoms with E-state index < -0.39 is 5.91 Å². The number of anilines is 1. The number of nitrogens with one attached hydrogen (secondary N) is 1. The molecule has 3 N–H and O–H groups in total. The predicted octanol–water partition coefficient (Wildman–Crippen LogP) is 2.94. The first-order valence-corrected chi connectivity index (χ1v) is 8.37. The summed E-state index contributed by atoms with van der Waals surface area (Å²) in [5, 5.41) is 2.93. The molecule has 1 atom stereocenters. The van der Waals surface area contributed by atoms with Crippen LogP contribution in [0.3, 0.4) is 0 Å². The van der Waals surface area contributed by atoms with Gasteiger partial charge in [0.05, 0.1) is 6.04 Å². The van der Waals surface area contributed by atoms with E-state index in [1.807, 2.05) is 49.2 Å². The van der Waals surface area contributed by atoms with Gasteiger partial charge in [0.15, 0.2) is 0 Å². The molecule has 0 unspecified atom stereocenters. The van der Waals surface area contributed by atoms with E-state index in [0.717, 1.165) is 11.1 Å². The van der Waals surface area contributed by atoms with Crippen molar-refractivity contribution in [1.82, 2.24) is 4.90 Å². The van der Waals surface area contributed by atoms with Gasteiger partial charge in [-0.2, -0.15) is 0 Å². The van der Waals surface area contributed by atoms with Gasteiger partial charge in [-0.15, -0.1) is 0 Å². The van der Waals surface area contributed by atoms with Crippen LogP contribution in [0.4, 0.5) is 5.69 Å². The number of hydrogen-bond acceptors (Lipinski definition) is 3. The normalized spacial score (nSPS) is 12.0. The lowest BCUT2D eigenvalue weighted by molar-refractivity contribution is -0.121. The lowest BCUT2D eigenvalue weighted by atomic mass is 10.1. The molecular formula is C20H25N3O2. The molecule has 0 radical (unpaired) electrons. The average Bonchev–Trinajstić information content (AvgIpc) is 2.56. The number of hydrogen-bond donors (Lipinski definition) is 2. The fraction of sp³-hybridized carbons (Fsp3) is 0.300. The first-order valence-electron chi connectivity index (χ1n) is 8.37. The fourth-order valence-corrected chi connectivity index (χ4v) is 2.92. The summed E-state index contributed by atoms with van der Waals surface area (Å²) in [5.74, 6) is -0.531. The minimum Gasteiger partial charge on any atom is -0.366 e. The summed E-state index contributed by atoms with van der Waals surface area (Å²) < 4.78 is 0. The summed E-state index contributed by atoms with van der Waals surface area (Å²) in [6.45, 7) is 4.49. The largest absolute Gasteiger partial charge is 0.366 e. The maximum absolute atomic E-state index is 12.7. The highest BCUT2D eigenvalue weighted by Crippen LogP contribution is 2.17. The zero-order valence-electron chi connectivity index (χ0n) is 15.0. The molecule has 2 amide bonds. The van der Waals surface area contributed by atoms with Gasteiger partial charge in [0.2, 0.25) is 11.8 Å². The average molecular weight is 339 g/mol. The number of aryl methyl sites for hydroxylation is 1. The molecule has 2 aromatic carbocycles. The van der Waals surface area contributed by atoms with Gasteiger partial charge >= 0.3 is 0 Å². The van der Waals surface area contributed by atoms with Crippen LogP contribution in [0, 0.1) is 6.92 Å². The Kier molecular flexibility index (Phi) is 6.31. The summed E-state index contributed by atoms with van der Waals surface area (Å²) in [4.78, 5) is 26.0. The van der Waals surface area contributed by atoms with Crippen molar-refractivity contribution in [3.63, 3.8) is 0 Å². The molecule has 0 saturated carbocycles. The van der Waals surface area contributed by atoms with E-state index in [2.05, 4.69) is 5.32 Å². The van der Waals surface area contributed by atoms with Crippen LogP contribution in [-0.2, 0) is 11.3 Å². The number of amides is 2. The van der Waals surface area contributed by atoms with Gasteiger partial charge < -0.3 is 11.1 Å². The van der Waals surface area contributed by atoms with Crippen molar-refractivity contribution in [2.24, 2.45) is 5.73 Å². The molecule has 0 aliphatic heterocycles. The van der Waals surface area contributed by atoms with Gasteiger partial charge in [-0.1, -0.05) is 37.3 Å². The topological polar surface area (TPSA) is 75.4 Å². The summed E-state index contributed by atoms with van der Waals surface area (Å²) in [5.41, 5.74) is 8.36. The third-order valence-corrected chi connectivity index (χ3v) is 4.26. The molecule has 0 heterocycles. The zero-order valence-corrected chi connectivity index (χ0v) is 15.0. The lowest BCUT2D eigenvalue weighted by Crippen LogP contribution is -2.41. The molecule has 0 spiro atoms. The van der Waals surface area contributed by atoms with Crippen molar-refractivity contribution >= 4 is 17.5 Å². The highest BCUT2D eigenvalue weighted by Gasteiger charge is 2.21. The number of benzene rings is 2. The van der Waals surface area contributed by atoms with Crippen LogP contribution in [0.1, 0.15) is 34.8 Å². The third-order valence-electron chi connectivity index (χ3n) is 4.26. The summed E-state index contributed by atoms with van der Waals surface area (Å²) in [6, 6.07) is 14.9. The Bertz CT molecular complexity index is 744. The Morgan fingerprint density at radius 3 is 2.40 bits per heavy atom. The summed E-state index contributed by atoms with van der Waals surface area (Å²) in [7, 11) is 1.95. The molecule has 0 bridgehead atoms. The molecule has 0 fully saturated rings. The maximum atomic E-state index is 12.7. The predicted molar refractivity (Wildman–Crippen MR) is 100 cm³/mol. The lowest BCUT2D eigenvalue weighted by Gasteiger charge is -2.26. The number of rotatable bonds is 7. The molecule has 2 rings (SSSR count). The van der Waals surface area contributed by atoms with Gasteiger partial charge in [-0.05, 0) is 49.7 Å². The molecule has 25 heavy (non-hydrogen) atoms. The zero-order chi connectivity index (χ0) is 18.4. The van der Waals surface area contributed by atoms with Crippen molar-refractivity contribution in [2.75, 3.05) is 12.4 Å². The van der Waals surface area contributed by atoms with E-state index >= 15 is 0 Å². The van der Waals surface area contributed by atoms with Gasteiger partial charge in [0.1, 0.15) is 0 Å². The van der Waals surface area contributed by atoms with Crippen molar-refractivity contribution < 1.29 is 9.59 Å². The van der Waals surface area contributed by atoms with Crippen LogP contribution in [0.5, 0.6) is 0 Å². The number of carbonyl (C=O) groups is 2. The molecule has 5 heteroatoms. The monoisotopic (exact) mass is 339 g/mol. The Morgan fingerprint density at radius 1 is 1.16 bits per heavy atom. The summed E-state index contributed by atoms with van der Waals surface area (Å²) >= 11 is 0. The SMILES string of the molecule is CC[C@H](C(=O)Nc1ccc(C(N)=O)c(C)c1)N(C)Cc1ccccc1. The molecule has 2 aromatic rings. The second-order valence-electron chi connectivity index (χ2n) is 6.21. The van der Waals surface area contributed by atoms with Crippen molar-refractivity contribution in [2.45, 2.75) is 32.9 Å². The maximum Gasteiger partial charge on any atom is 0.248 e. The fourth-order valence-electron chi connectivity index (χ4n) is 2.92. The first-order chi connectivity index (χ1) is 11.9. The number of carbonyl (C=O) groups excluding carboxylic acids is 2. The molecule has 0 aromatic heterocycles. The summed E-state index contributed by atoms with van der Waals surface area (Å²) in [6.07, 6.45) is 0.702.